The molecule has 1 aliphatic rings. The van der Waals surface area contributed by atoms with Gasteiger partial charge in [-0.2, -0.15) is 0 Å². The first kappa shape index (κ1) is 20.8. The van der Waals surface area contributed by atoms with Gasteiger partial charge in [0.05, 0.1) is 6.04 Å². The topological polar surface area (TPSA) is 53.6 Å². The van der Waals surface area contributed by atoms with E-state index in [2.05, 4.69) is 22.3 Å². The van der Waals surface area contributed by atoms with Gasteiger partial charge in [0.15, 0.2) is 5.96 Å². The third kappa shape index (κ3) is 6.64. The summed E-state index contributed by atoms with van der Waals surface area (Å²) in [5.41, 5.74) is 6.96. The van der Waals surface area contributed by atoms with E-state index in [1.54, 1.807) is 6.07 Å². The third-order valence-electron chi connectivity index (χ3n) is 4.04. The van der Waals surface area contributed by atoms with Crippen LogP contribution in [-0.4, -0.2) is 37.5 Å². The fourth-order valence-electron chi connectivity index (χ4n) is 2.85. The van der Waals surface area contributed by atoms with Crippen molar-refractivity contribution in [3.63, 3.8) is 0 Å². The van der Waals surface area contributed by atoms with Gasteiger partial charge in [-0.15, -0.1) is 24.0 Å². The fourth-order valence-corrected chi connectivity index (χ4v) is 3.42. The van der Waals surface area contributed by atoms with Gasteiger partial charge in [0.2, 0.25) is 0 Å². The molecule has 0 spiro atoms. The van der Waals surface area contributed by atoms with Crippen molar-refractivity contribution in [2.75, 3.05) is 26.7 Å². The van der Waals surface area contributed by atoms with Gasteiger partial charge in [-0.05, 0) is 57.0 Å². The molecule has 2 rings (SSSR count). The minimum Gasteiger partial charge on any atom is -0.370 e. The van der Waals surface area contributed by atoms with E-state index < -0.39 is 0 Å². The smallest absolute Gasteiger partial charge is 0.189 e. The maximum absolute atomic E-state index is 6.21. The Hall–Kier alpha value is -0.240. The van der Waals surface area contributed by atoms with Crippen molar-refractivity contribution in [2.24, 2.45) is 16.6 Å². The number of nitrogens with one attached hydrogen (secondary N) is 1. The lowest BCUT2D eigenvalue weighted by Crippen LogP contribution is -2.36. The van der Waals surface area contributed by atoms with E-state index in [9.17, 15) is 0 Å². The fraction of sp³-hybridized carbons (Fsp3) is 0.562. The van der Waals surface area contributed by atoms with E-state index in [4.69, 9.17) is 28.9 Å². The lowest BCUT2D eigenvalue weighted by Gasteiger charge is -2.28. The van der Waals surface area contributed by atoms with Crippen molar-refractivity contribution in [3.05, 3.63) is 33.8 Å². The molecule has 1 heterocycles. The van der Waals surface area contributed by atoms with Crippen LogP contribution in [0.5, 0.6) is 0 Å². The highest BCUT2D eigenvalue weighted by atomic mass is 127. The number of likely N-dealkylation sites (tertiary alicyclic amines) is 1. The van der Waals surface area contributed by atoms with Gasteiger partial charge in [-0.1, -0.05) is 29.3 Å². The summed E-state index contributed by atoms with van der Waals surface area (Å²) >= 11 is 12.1. The minimum absolute atomic E-state index is 0. The number of benzene rings is 1. The van der Waals surface area contributed by atoms with E-state index in [1.807, 2.05) is 19.1 Å². The van der Waals surface area contributed by atoms with Crippen LogP contribution in [0.2, 0.25) is 10.0 Å². The molecule has 1 aliphatic heterocycles. The number of halogens is 3. The third-order valence-corrected chi connectivity index (χ3v) is 4.60. The summed E-state index contributed by atoms with van der Waals surface area (Å²) in [6.07, 6.45) is 2.46. The first-order valence-electron chi connectivity index (χ1n) is 7.65. The Morgan fingerprint density at radius 1 is 1.48 bits per heavy atom. The maximum Gasteiger partial charge on any atom is 0.189 e. The number of aliphatic imine (C=N–C) groups is 1. The zero-order valence-corrected chi connectivity index (χ0v) is 17.4. The van der Waals surface area contributed by atoms with Crippen molar-refractivity contribution >= 4 is 53.1 Å². The zero-order chi connectivity index (χ0) is 16.1. The van der Waals surface area contributed by atoms with Gasteiger partial charge < -0.3 is 16.0 Å². The predicted octanol–water partition coefficient (Wildman–Crippen LogP) is 3.92. The summed E-state index contributed by atoms with van der Waals surface area (Å²) in [6, 6.07) is 5.46. The summed E-state index contributed by atoms with van der Waals surface area (Å²) in [6.45, 7) is 5.05. The molecule has 0 bridgehead atoms. The number of piperidine rings is 1. The average Bonchev–Trinajstić information content (AvgIpc) is 2.45. The highest BCUT2D eigenvalue weighted by Gasteiger charge is 2.17. The van der Waals surface area contributed by atoms with E-state index in [0.29, 0.717) is 21.9 Å². The Labute approximate surface area is 165 Å². The molecule has 2 atom stereocenters. The number of hydrogen-bond donors (Lipinski definition) is 2. The summed E-state index contributed by atoms with van der Waals surface area (Å²) in [7, 11) is 2.15. The maximum atomic E-state index is 6.21. The van der Waals surface area contributed by atoms with Crippen molar-refractivity contribution < 1.29 is 0 Å². The molecule has 0 amide bonds. The molecule has 0 aliphatic carbocycles. The largest absolute Gasteiger partial charge is 0.370 e. The molecule has 4 nitrogen and oxygen atoms in total. The SMILES string of the molecule is CC(NC(N)=NCC1CCCN(C)C1)c1ccc(Cl)cc1Cl.I. The van der Waals surface area contributed by atoms with Gasteiger partial charge in [-0.25, -0.2) is 0 Å². The Bertz CT molecular complexity index is 539. The first-order valence-corrected chi connectivity index (χ1v) is 8.41. The van der Waals surface area contributed by atoms with Crippen LogP contribution in [-0.2, 0) is 0 Å². The van der Waals surface area contributed by atoms with Crippen molar-refractivity contribution in [2.45, 2.75) is 25.8 Å². The summed E-state index contributed by atoms with van der Waals surface area (Å²) < 4.78 is 0. The molecular formula is C16H25Cl2IN4. The first-order chi connectivity index (χ1) is 10.5. The summed E-state index contributed by atoms with van der Waals surface area (Å²) in [5, 5.41) is 4.46. The second-order valence-electron chi connectivity index (χ2n) is 6.03. The van der Waals surface area contributed by atoms with Crippen LogP contribution in [0.3, 0.4) is 0 Å². The molecule has 7 heteroatoms. The van der Waals surface area contributed by atoms with Crippen LogP contribution in [0.4, 0.5) is 0 Å². The predicted molar refractivity (Wildman–Crippen MR) is 110 cm³/mol. The van der Waals surface area contributed by atoms with E-state index in [-0.39, 0.29) is 30.0 Å². The second kappa shape index (κ2) is 9.91. The van der Waals surface area contributed by atoms with Crippen LogP contribution in [0.25, 0.3) is 0 Å². The Morgan fingerprint density at radius 3 is 2.87 bits per heavy atom. The molecule has 23 heavy (non-hydrogen) atoms. The molecule has 0 aromatic heterocycles. The van der Waals surface area contributed by atoms with Gasteiger partial charge in [-0.3, -0.25) is 4.99 Å². The standard InChI is InChI=1S/C16H24Cl2N4.HI/c1-11(14-6-5-13(17)8-15(14)18)21-16(19)20-9-12-4-3-7-22(2)10-12;/h5-6,8,11-12H,3-4,7,9-10H2,1-2H3,(H3,19,20,21);1H. The highest BCUT2D eigenvalue weighted by Crippen LogP contribution is 2.26. The summed E-state index contributed by atoms with van der Waals surface area (Å²) in [4.78, 5) is 6.83. The number of nitrogens with two attached hydrogens (primary N) is 1. The van der Waals surface area contributed by atoms with Crippen LogP contribution in [0.15, 0.2) is 23.2 Å². The molecule has 0 saturated carbocycles. The molecule has 3 N–H and O–H groups in total. The second-order valence-corrected chi connectivity index (χ2v) is 6.87. The average molecular weight is 471 g/mol. The van der Waals surface area contributed by atoms with Gasteiger partial charge >= 0.3 is 0 Å². The van der Waals surface area contributed by atoms with Crippen LogP contribution < -0.4 is 11.1 Å². The zero-order valence-electron chi connectivity index (χ0n) is 13.6. The van der Waals surface area contributed by atoms with Crippen molar-refractivity contribution in [1.29, 1.82) is 0 Å². The summed E-state index contributed by atoms with van der Waals surface area (Å²) in [5.74, 6) is 1.06. The Morgan fingerprint density at radius 2 is 2.22 bits per heavy atom. The molecule has 1 aromatic rings. The van der Waals surface area contributed by atoms with Crippen molar-refractivity contribution in [1.82, 2.24) is 10.2 Å². The number of rotatable bonds is 4. The van der Waals surface area contributed by atoms with Crippen molar-refractivity contribution in [3.8, 4) is 0 Å². The number of nitrogens with zero attached hydrogens (tertiary/aromatic N) is 2. The Balaban J connectivity index is 0.00000264. The van der Waals surface area contributed by atoms with Gasteiger partial charge in [0.1, 0.15) is 0 Å². The van der Waals surface area contributed by atoms with E-state index >= 15 is 0 Å². The van der Waals surface area contributed by atoms with Gasteiger partial charge in [0.25, 0.3) is 0 Å². The molecular weight excluding hydrogens is 446 g/mol. The molecule has 1 fully saturated rings. The van der Waals surface area contributed by atoms with E-state index in [0.717, 1.165) is 18.7 Å². The van der Waals surface area contributed by atoms with Crippen LogP contribution >= 0.6 is 47.2 Å². The Kier molecular flexibility index (Phi) is 8.97. The quantitative estimate of drug-likeness (QED) is 0.398. The molecule has 130 valence electrons. The normalized spacial score (nSPS) is 20.7. The van der Waals surface area contributed by atoms with E-state index in [1.165, 1.54) is 19.4 Å². The molecule has 2 unspecified atom stereocenters. The molecule has 1 aromatic carbocycles. The lowest BCUT2D eigenvalue weighted by molar-refractivity contribution is 0.214. The molecule has 1 saturated heterocycles. The van der Waals surface area contributed by atoms with Crippen LogP contribution in [0.1, 0.15) is 31.4 Å². The monoisotopic (exact) mass is 470 g/mol. The minimum atomic E-state index is -0.0115. The highest BCUT2D eigenvalue weighted by molar-refractivity contribution is 14.0. The number of hydrogen-bond acceptors (Lipinski definition) is 2. The lowest BCUT2D eigenvalue weighted by atomic mass is 9.99. The van der Waals surface area contributed by atoms with Gasteiger partial charge in [0, 0.05) is 23.1 Å². The molecule has 0 radical (unpaired) electrons. The van der Waals surface area contributed by atoms with Crippen LogP contribution in [0, 0.1) is 5.92 Å². The number of guanidine groups is 1.